The van der Waals surface area contributed by atoms with E-state index in [1.54, 1.807) is 0 Å². The van der Waals surface area contributed by atoms with Gasteiger partial charge in [-0.3, -0.25) is 4.98 Å². The van der Waals surface area contributed by atoms with Crippen molar-refractivity contribution in [3.8, 4) is 0 Å². The summed E-state index contributed by atoms with van der Waals surface area (Å²) in [5.74, 6) is 0. The van der Waals surface area contributed by atoms with E-state index < -0.39 is 0 Å². The zero-order chi connectivity index (χ0) is 11.5. The molecule has 1 aromatic heterocycles. The number of hydrogen-bond donors (Lipinski definition) is 1. The Kier molecular flexibility index (Phi) is 3.27. The monoisotopic (exact) mass is 231 g/mol. The van der Waals surface area contributed by atoms with E-state index in [-0.39, 0.29) is 0 Å². The van der Waals surface area contributed by atoms with Gasteiger partial charge in [-0.15, -0.1) is 0 Å². The van der Waals surface area contributed by atoms with Gasteiger partial charge in [0.05, 0.1) is 0 Å². The Labute approximate surface area is 103 Å². The van der Waals surface area contributed by atoms with Crippen molar-refractivity contribution < 1.29 is 0 Å². The molecule has 2 fully saturated rings. The molecule has 1 aliphatic carbocycles. The van der Waals surface area contributed by atoms with E-state index in [4.69, 9.17) is 0 Å². The smallest absolute Gasteiger partial charge is 0.0414 e. The molecule has 0 amide bonds. The molecule has 0 bridgehead atoms. The third-order valence-electron chi connectivity index (χ3n) is 3.84. The summed E-state index contributed by atoms with van der Waals surface area (Å²) in [6, 6.07) is 5.76. The normalized spacial score (nSPS) is 24.9. The van der Waals surface area contributed by atoms with Crippen molar-refractivity contribution in [1.29, 1.82) is 0 Å². The molecule has 3 nitrogen and oxygen atoms in total. The third-order valence-corrected chi connectivity index (χ3v) is 3.84. The summed E-state index contributed by atoms with van der Waals surface area (Å²) in [7, 11) is 0. The maximum Gasteiger partial charge on any atom is 0.0414 e. The molecule has 1 aliphatic heterocycles. The average molecular weight is 231 g/mol. The van der Waals surface area contributed by atoms with Gasteiger partial charge in [-0.25, -0.2) is 0 Å². The maximum absolute atomic E-state index is 4.11. The Hall–Kier alpha value is -1.09. The number of nitrogens with one attached hydrogen (secondary N) is 1. The molecule has 17 heavy (non-hydrogen) atoms. The molecule has 1 saturated heterocycles. The number of anilines is 1. The summed E-state index contributed by atoms with van der Waals surface area (Å²) in [4.78, 5) is 6.66. The Morgan fingerprint density at radius 2 is 2.00 bits per heavy atom. The molecule has 1 atom stereocenters. The Bertz CT molecular complexity index is 348. The summed E-state index contributed by atoms with van der Waals surface area (Å²) >= 11 is 0. The van der Waals surface area contributed by atoms with Gasteiger partial charge in [0.2, 0.25) is 0 Å². The van der Waals surface area contributed by atoms with E-state index in [2.05, 4.69) is 27.3 Å². The van der Waals surface area contributed by atoms with E-state index in [1.807, 2.05) is 12.4 Å². The molecule has 0 spiro atoms. The molecule has 92 valence electrons. The maximum atomic E-state index is 4.11. The van der Waals surface area contributed by atoms with E-state index in [9.17, 15) is 0 Å². The summed E-state index contributed by atoms with van der Waals surface area (Å²) in [6.07, 6.45) is 10.6. The molecular formula is C14H21N3. The lowest BCUT2D eigenvalue weighted by Crippen LogP contribution is -2.46. The first-order valence-electron chi connectivity index (χ1n) is 6.83. The minimum Gasteiger partial charge on any atom is -0.367 e. The van der Waals surface area contributed by atoms with Crippen LogP contribution in [0.3, 0.4) is 0 Å². The standard InChI is InChI=1S/C14H21N3/c1-2-10-17(13-6-8-15-9-7-13)14(3-1)11-16-12-4-5-12/h6-9,12,14,16H,1-5,10-11H2. The Morgan fingerprint density at radius 1 is 1.18 bits per heavy atom. The number of nitrogens with zero attached hydrogens (tertiary/aromatic N) is 2. The van der Waals surface area contributed by atoms with Crippen LogP contribution in [-0.4, -0.2) is 30.2 Å². The molecule has 1 N–H and O–H groups in total. The first-order valence-corrected chi connectivity index (χ1v) is 6.83. The molecule has 2 heterocycles. The summed E-state index contributed by atoms with van der Waals surface area (Å²) in [5, 5.41) is 3.67. The highest BCUT2D eigenvalue weighted by Gasteiger charge is 2.26. The fourth-order valence-corrected chi connectivity index (χ4v) is 2.68. The van der Waals surface area contributed by atoms with E-state index in [1.165, 1.54) is 44.3 Å². The third kappa shape index (κ3) is 2.78. The SMILES string of the molecule is c1cc(N2CCCCC2CNC2CC2)ccn1. The Morgan fingerprint density at radius 3 is 2.76 bits per heavy atom. The van der Waals surface area contributed by atoms with Crippen LogP contribution < -0.4 is 10.2 Å². The topological polar surface area (TPSA) is 28.2 Å². The second-order valence-electron chi connectivity index (χ2n) is 5.23. The van der Waals surface area contributed by atoms with Gasteiger partial charge in [0.1, 0.15) is 0 Å². The van der Waals surface area contributed by atoms with Crippen LogP contribution in [0.5, 0.6) is 0 Å². The summed E-state index contributed by atoms with van der Waals surface area (Å²) in [5.41, 5.74) is 1.34. The predicted octanol–water partition coefficient (Wildman–Crippen LogP) is 2.19. The quantitative estimate of drug-likeness (QED) is 0.861. The largest absolute Gasteiger partial charge is 0.367 e. The van der Waals surface area contributed by atoms with Crippen molar-refractivity contribution in [3.05, 3.63) is 24.5 Å². The van der Waals surface area contributed by atoms with Crippen molar-refractivity contribution in [2.75, 3.05) is 18.0 Å². The first-order chi connectivity index (χ1) is 8.43. The molecular weight excluding hydrogens is 210 g/mol. The number of aromatic nitrogens is 1. The predicted molar refractivity (Wildman–Crippen MR) is 70.2 cm³/mol. The number of pyridine rings is 1. The van der Waals surface area contributed by atoms with Gasteiger partial charge in [-0.05, 0) is 44.2 Å². The van der Waals surface area contributed by atoms with Crippen LogP contribution in [0.25, 0.3) is 0 Å². The van der Waals surface area contributed by atoms with Crippen molar-refractivity contribution in [1.82, 2.24) is 10.3 Å². The lowest BCUT2D eigenvalue weighted by molar-refractivity contribution is 0.434. The van der Waals surface area contributed by atoms with Gasteiger partial charge < -0.3 is 10.2 Å². The molecule has 0 radical (unpaired) electrons. The Balaban J connectivity index is 1.66. The highest BCUT2D eigenvalue weighted by molar-refractivity contribution is 5.46. The van der Waals surface area contributed by atoms with Gasteiger partial charge in [0, 0.05) is 43.3 Å². The van der Waals surface area contributed by atoms with Gasteiger partial charge in [-0.1, -0.05) is 0 Å². The van der Waals surface area contributed by atoms with Gasteiger partial charge in [-0.2, -0.15) is 0 Å². The molecule has 3 rings (SSSR count). The van der Waals surface area contributed by atoms with Crippen LogP contribution in [0.4, 0.5) is 5.69 Å². The van der Waals surface area contributed by atoms with Crippen molar-refractivity contribution >= 4 is 5.69 Å². The second kappa shape index (κ2) is 5.05. The van der Waals surface area contributed by atoms with Crippen LogP contribution >= 0.6 is 0 Å². The van der Waals surface area contributed by atoms with Gasteiger partial charge in [0.15, 0.2) is 0 Å². The lowest BCUT2D eigenvalue weighted by Gasteiger charge is -2.37. The molecule has 2 aliphatic rings. The van der Waals surface area contributed by atoms with Crippen LogP contribution in [0.15, 0.2) is 24.5 Å². The fourth-order valence-electron chi connectivity index (χ4n) is 2.68. The van der Waals surface area contributed by atoms with Gasteiger partial charge >= 0.3 is 0 Å². The molecule has 1 aromatic rings. The average Bonchev–Trinajstić information content (AvgIpc) is 3.22. The number of piperidine rings is 1. The highest BCUT2D eigenvalue weighted by Crippen LogP contribution is 2.25. The van der Waals surface area contributed by atoms with Crippen molar-refractivity contribution in [2.45, 2.75) is 44.2 Å². The zero-order valence-electron chi connectivity index (χ0n) is 10.3. The zero-order valence-corrected chi connectivity index (χ0v) is 10.3. The van der Waals surface area contributed by atoms with E-state index >= 15 is 0 Å². The van der Waals surface area contributed by atoms with Crippen LogP contribution in [-0.2, 0) is 0 Å². The minimum atomic E-state index is 0.673. The van der Waals surface area contributed by atoms with Crippen LogP contribution in [0.1, 0.15) is 32.1 Å². The van der Waals surface area contributed by atoms with Crippen molar-refractivity contribution in [3.63, 3.8) is 0 Å². The number of rotatable bonds is 4. The molecule has 1 saturated carbocycles. The number of hydrogen-bond acceptors (Lipinski definition) is 3. The summed E-state index contributed by atoms with van der Waals surface area (Å²) in [6.45, 7) is 2.34. The minimum absolute atomic E-state index is 0.673. The fraction of sp³-hybridized carbons (Fsp3) is 0.643. The highest BCUT2D eigenvalue weighted by atomic mass is 15.2. The molecule has 1 unspecified atom stereocenters. The van der Waals surface area contributed by atoms with Crippen LogP contribution in [0.2, 0.25) is 0 Å². The second-order valence-corrected chi connectivity index (χ2v) is 5.23. The lowest BCUT2D eigenvalue weighted by atomic mass is 10.0. The van der Waals surface area contributed by atoms with Crippen LogP contribution in [0, 0.1) is 0 Å². The van der Waals surface area contributed by atoms with Crippen molar-refractivity contribution in [2.24, 2.45) is 0 Å². The van der Waals surface area contributed by atoms with E-state index in [0.29, 0.717) is 6.04 Å². The van der Waals surface area contributed by atoms with E-state index in [0.717, 1.165) is 12.6 Å². The van der Waals surface area contributed by atoms with Gasteiger partial charge in [0.25, 0.3) is 0 Å². The molecule has 0 aromatic carbocycles. The summed E-state index contributed by atoms with van der Waals surface area (Å²) < 4.78 is 0. The molecule has 3 heteroatoms. The first kappa shape index (κ1) is 11.0.